The predicted octanol–water partition coefficient (Wildman–Crippen LogP) is 3.52. The van der Waals surface area contributed by atoms with Crippen LogP contribution in [0, 0.1) is 13.8 Å². The highest BCUT2D eigenvalue weighted by molar-refractivity contribution is 7.19. The number of urea groups is 1. The van der Waals surface area contributed by atoms with Crippen molar-refractivity contribution in [2.45, 2.75) is 33.6 Å². The Balaban J connectivity index is 1.41. The molecular formula is C20H22N8O2S. The average Bonchev–Trinajstić information content (AvgIpc) is 3.48. The van der Waals surface area contributed by atoms with Crippen LogP contribution in [0.25, 0.3) is 22.2 Å². The third-order valence-electron chi connectivity index (χ3n) is 4.39. The van der Waals surface area contributed by atoms with Crippen molar-refractivity contribution in [3.05, 3.63) is 47.7 Å². The molecule has 0 spiro atoms. The number of imidazole rings is 1. The van der Waals surface area contributed by atoms with Crippen LogP contribution in [-0.4, -0.2) is 42.5 Å². The molecule has 31 heavy (non-hydrogen) atoms. The van der Waals surface area contributed by atoms with Gasteiger partial charge < -0.3 is 14.7 Å². The van der Waals surface area contributed by atoms with Gasteiger partial charge >= 0.3 is 6.03 Å². The highest BCUT2D eigenvalue weighted by atomic mass is 32.1. The standard InChI is InChI=1S/C20H22N8O2S/c1-4-13-10-24-15(30-13)5-6-23-19(29)28-20-26-12(3)16(31-20)14-9-11(2)25-18(27-14)17-21-7-8-22-17/h7-10H,4-6H2,1-3H3,(H,21,22)(H2,23,26,28,29). The minimum atomic E-state index is -0.335. The van der Waals surface area contributed by atoms with Crippen LogP contribution in [-0.2, 0) is 12.8 Å². The summed E-state index contributed by atoms with van der Waals surface area (Å²) in [7, 11) is 0. The minimum Gasteiger partial charge on any atom is -0.446 e. The molecule has 4 rings (SSSR count). The molecule has 0 aliphatic rings. The van der Waals surface area contributed by atoms with Crippen LogP contribution in [0.2, 0.25) is 0 Å². The molecule has 0 radical (unpaired) electrons. The van der Waals surface area contributed by atoms with Gasteiger partial charge in [0.1, 0.15) is 5.76 Å². The molecule has 0 fully saturated rings. The maximum Gasteiger partial charge on any atom is 0.321 e. The summed E-state index contributed by atoms with van der Waals surface area (Å²) < 4.78 is 5.54. The first-order chi connectivity index (χ1) is 15.0. The third kappa shape index (κ3) is 4.94. The summed E-state index contributed by atoms with van der Waals surface area (Å²) in [5.74, 6) is 2.55. The van der Waals surface area contributed by atoms with Gasteiger partial charge in [0.25, 0.3) is 0 Å². The van der Waals surface area contributed by atoms with Gasteiger partial charge in [0.2, 0.25) is 0 Å². The average molecular weight is 439 g/mol. The fourth-order valence-electron chi connectivity index (χ4n) is 2.92. The number of aromatic nitrogens is 6. The Morgan fingerprint density at radius 1 is 1.23 bits per heavy atom. The lowest BCUT2D eigenvalue weighted by atomic mass is 10.2. The van der Waals surface area contributed by atoms with Crippen LogP contribution < -0.4 is 10.6 Å². The van der Waals surface area contributed by atoms with Crippen LogP contribution in [0.1, 0.15) is 30.0 Å². The molecule has 160 valence electrons. The van der Waals surface area contributed by atoms with Crippen LogP contribution in [0.4, 0.5) is 9.93 Å². The molecule has 10 nitrogen and oxygen atoms in total. The minimum absolute atomic E-state index is 0.335. The molecule has 4 aromatic heterocycles. The van der Waals surface area contributed by atoms with Gasteiger partial charge in [-0.3, -0.25) is 5.32 Å². The number of amides is 2. The molecular weight excluding hydrogens is 416 g/mol. The van der Waals surface area contributed by atoms with E-state index in [1.165, 1.54) is 11.3 Å². The van der Waals surface area contributed by atoms with E-state index in [-0.39, 0.29) is 6.03 Å². The van der Waals surface area contributed by atoms with Crippen molar-refractivity contribution in [2.24, 2.45) is 0 Å². The highest BCUT2D eigenvalue weighted by Gasteiger charge is 2.16. The zero-order valence-corrected chi connectivity index (χ0v) is 18.2. The predicted molar refractivity (Wildman–Crippen MR) is 117 cm³/mol. The van der Waals surface area contributed by atoms with E-state index in [0.29, 0.717) is 35.6 Å². The number of aromatic amines is 1. The summed E-state index contributed by atoms with van der Waals surface area (Å²) in [5, 5.41) is 6.06. The van der Waals surface area contributed by atoms with Gasteiger partial charge in [-0.25, -0.2) is 29.7 Å². The Bertz CT molecular complexity index is 1180. The van der Waals surface area contributed by atoms with Crippen molar-refractivity contribution >= 4 is 22.5 Å². The lowest BCUT2D eigenvalue weighted by Gasteiger charge is -2.04. The summed E-state index contributed by atoms with van der Waals surface area (Å²) in [6, 6.07) is 1.55. The molecule has 3 N–H and O–H groups in total. The number of oxazole rings is 1. The SMILES string of the molecule is CCc1cnc(CCNC(=O)Nc2nc(C)c(-c3cc(C)nc(-c4ncc[nH]4)n3)s2)o1. The largest absolute Gasteiger partial charge is 0.446 e. The van der Waals surface area contributed by atoms with Crippen molar-refractivity contribution in [3.8, 4) is 22.2 Å². The number of H-pyrrole nitrogens is 1. The van der Waals surface area contributed by atoms with Crippen LogP contribution >= 0.6 is 11.3 Å². The summed E-state index contributed by atoms with van der Waals surface area (Å²) >= 11 is 1.36. The zero-order valence-electron chi connectivity index (χ0n) is 17.4. The fraction of sp³-hybridized carbons (Fsp3) is 0.300. The van der Waals surface area contributed by atoms with E-state index < -0.39 is 0 Å². The Labute approximate surface area is 182 Å². The van der Waals surface area contributed by atoms with Crippen molar-refractivity contribution in [1.29, 1.82) is 0 Å². The number of carbonyl (C=O) groups is 1. The summed E-state index contributed by atoms with van der Waals surface area (Å²) in [5.41, 5.74) is 2.32. The number of aryl methyl sites for hydroxylation is 3. The Morgan fingerprint density at radius 2 is 2.10 bits per heavy atom. The molecule has 0 aliphatic carbocycles. The lowest BCUT2D eigenvalue weighted by Crippen LogP contribution is -2.30. The highest BCUT2D eigenvalue weighted by Crippen LogP contribution is 2.32. The normalized spacial score (nSPS) is 10.9. The Hall–Kier alpha value is -3.60. The van der Waals surface area contributed by atoms with E-state index in [9.17, 15) is 4.79 Å². The number of carbonyl (C=O) groups excluding carboxylic acids is 1. The zero-order chi connectivity index (χ0) is 21.8. The molecule has 11 heteroatoms. The van der Waals surface area contributed by atoms with Crippen molar-refractivity contribution in [1.82, 2.24) is 35.2 Å². The van der Waals surface area contributed by atoms with Gasteiger partial charge in [-0.05, 0) is 19.9 Å². The summed E-state index contributed by atoms with van der Waals surface area (Å²) in [6.07, 6.45) is 6.40. The molecule has 0 bridgehead atoms. The molecule has 0 saturated heterocycles. The maximum absolute atomic E-state index is 12.2. The van der Waals surface area contributed by atoms with Crippen molar-refractivity contribution < 1.29 is 9.21 Å². The summed E-state index contributed by atoms with van der Waals surface area (Å²) in [4.78, 5) is 38.0. The van der Waals surface area contributed by atoms with E-state index in [4.69, 9.17) is 4.42 Å². The van der Waals surface area contributed by atoms with Gasteiger partial charge in [-0.2, -0.15) is 0 Å². The van der Waals surface area contributed by atoms with Gasteiger partial charge in [-0.1, -0.05) is 18.3 Å². The second kappa shape index (κ2) is 9.04. The number of hydrogen-bond donors (Lipinski definition) is 3. The molecule has 0 aromatic carbocycles. The lowest BCUT2D eigenvalue weighted by molar-refractivity contribution is 0.252. The first kappa shape index (κ1) is 20.7. The van der Waals surface area contributed by atoms with E-state index in [0.717, 1.165) is 34.1 Å². The fourth-order valence-corrected chi connectivity index (χ4v) is 3.84. The van der Waals surface area contributed by atoms with Gasteiger partial charge in [0, 0.05) is 37.5 Å². The molecule has 0 saturated carbocycles. The second-order valence-electron chi connectivity index (χ2n) is 6.79. The van der Waals surface area contributed by atoms with Gasteiger partial charge in [-0.15, -0.1) is 0 Å². The quantitative estimate of drug-likeness (QED) is 0.402. The van der Waals surface area contributed by atoms with E-state index in [1.807, 2.05) is 26.8 Å². The summed E-state index contributed by atoms with van der Waals surface area (Å²) in [6.45, 7) is 6.19. The van der Waals surface area contributed by atoms with Crippen LogP contribution in [0.3, 0.4) is 0 Å². The first-order valence-corrected chi connectivity index (χ1v) is 10.6. The van der Waals surface area contributed by atoms with E-state index in [1.54, 1.807) is 18.6 Å². The monoisotopic (exact) mass is 438 g/mol. The third-order valence-corrected chi connectivity index (χ3v) is 5.48. The van der Waals surface area contributed by atoms with Crippen molar-refractivity contribution in [3.63, 3.8) is 0 Å². The molecule has 0 atom stereocenters. The molecule has 0 unspecified atom stereocenters. The van der Waals surface area contributed by atoms with E-state index in [2.05, 4.69) is 40.5 Å². The Kier molecular flexibility index (Phi) is 6.03. The van der Waals surface area contributed by atoms with Crippen LogP contribution in [0.5, 0.6) is 0 Å². The number of nitrogens with one attached hydrogen (secondary N) is 3. The van der Waals surface area contributed by atoms with Gasteiger partial charge in [0.15, 0.2) is 22.7 Å². The second-order valence-corrected chi connectivity index (χ2v) is 7.79. The van der Waals surface area contributed by atoms with Crippen LogP contribution in [0.15, 0.2) is 29.1 Å². The first-order valence-electron chi connectivity index (χ1n) is 9.83. The van der Waals surface area contributed by atoms with E-state index >= 15 is 0 Å². The molecule has 4 aromatic rings. The number of hydrogen-bond acceptors (Lipinski definition) is 8. The maximum atomic E-state index is 12.2. The number of thiazole rings is 1. The van der Waals surface area contributed by atoms with Crippen molar-refractivity contribution in [2.75, 3.05) is 11.9 Å². The number of nitrogens with zero attached hydrogens (tertiary/aromatic N) is 5. The smallest absolute Gasteiger partial charge is 0.321 e. The van der Waals surface area contributed by atoms with Gasteiger partial charge in [0.05, 0.1) is 22.5 Å². The number of rotatable bonds is 7. The topological polar surface area (TPSA) is 135 Å². The molecule has 2 amide bonds. The molecule has 0 aliphatic heterocycles. The number of anilines is 1. The molecule has 4 heterocycles. The Morgan fingerprint density at radius 3 is 2.84 bits per heavy atom.